The Morgan fingerprint density at radius 1 is 1.17 bits per heavy atom. The SMILES string of the molecule is COc1cc(C(=O)Nc2ccc(I)cc2C)ccc1OC(F)F. The molecule has 0 heterocycles. The highest BCUT2D eigenvalue weighted by Crippen LogP contribution is 2.30. The number of hydrogen-bond donors (Lipinski definition) is 1. The molecule has 0 saturated heterocycles. The topological polar surface area (TPSA) is 47.6 Å². The summed E-state index contributed by atoms with van der Waals surface area (Å²) in [5, 5.41) is 2.78. The van der Waals surface area contributed by atoms with Crippen molar-refractivity contribution in [2.24, 2.45) is 0 Å². The van der Waals surface area contributed by atoms with Gasteiger partial charge >= 0.3 is 6.61 Å². The monoisotopic (exact) mass is 433 g/mol. The average molecular weight is 433 g/mol. The van der Waals surface area contributed by atoms with E-state index in [0.717, 1.165) is 9.13 Å². The summed E-state index contributed by atoms with van der Waals surface area (Å²) in [6, 6.07) is 9.66. The van der Waals surface area contributed by atoms with Gasteiger partial charge in [0.15, 0.2) is 11.5 Å². The molecule has 1 N–H and O–H groups in total. The van der Waals surface area contributed by atoms with E-state index < -0.39 is 6.61 Å². The van der Waals surface area contributed by atoms with Crippen molar-refractivity contribution in [3.05, 3.63) is 51.1 Å². The van der Waals surface area contributed by atoms with E-state index in [-0.39, 0.29) is 23.0 Å². The largest absolute Gasteiger partial charge is 0.493 e. The van der Waals surface area contributed by atoms with Gasteiger partial charge < -0.3 is 14.8 Å². The molecule has 1 amide bonds. The molecular formula is C16H14F2INO3. The van der Waals surface area contributed by atoms with E-state index in [1.807, 2.05) is 19.1 Å². The fourth-order valence-electron chi connectivity index (χ4n) is 1.96. The van der Waals surface area contributed by atoms with Crippen LogP contribution in [0.3, 0.4) is 0 Å². The Morgan fingerprint density at radius 3 is 2.52 bits per heavy atom. The minimum atomic E-state index is -2.96. The average Bonchev–Trinajstić information content (AvgIpc) is 2.49. The number of nitrogens with one attached hydrogen (secondary N) is 1. The number of benzene rings is 2. The van der Waals surface area contributed by atoms with Crippen molar-refractivity contribution in [3.63, 3.8) is 0 Å². The Morgan fingerprint density at radius 2 is 1.91 bits per heavy atom. The fraction of sp³-hybridized carbons (Fsp3) is 0.188. The number of methoxy groups -OCH3 is 1. The van der Waals surface area contributed by atoms with Crippen molar-refractivity contribution in [3.8, 4) is 11.5 Å². The maximum atomic E-state index is 12.3. The minimum absolute atomic E-state index is 0.0669. The summed E-state index contributed by atoms with van der Waals surface area (Å²) >= 11 is 2.19. The molecule has 0 aromatic heterocycles. The fourth-order valence-corrected chi connectivity index (χ4v) is 2.61. The first-order chi connectivity index (χ1) is 10.9. The van der Waals surface area contributed by atoms with Gasteiger partial charge in [-0.05, 0) is 71.5 Å². The number of amides is 1. The molecule has 2 aromatic carbocycles. The van der Waals surface area contributed by atoms with Crippen LogP contribution in [-0.2, 0) is 0 Å². The lowest BCUT2D eigenvalue weighted by Crippen LogP contribution is -2.13. The van der Waals surface area contributed by atoms with E-state index >= 15 is 0 Å². The number of anilines is 1. The lowest BCUT2D eigenvalue weighted by Gasteiger charge is -2.12. The summed E-state index contributed by atoms with van der Waals surface area (Å²) in [5.74, 6) is -0.419. The summed E-state index contributed by atoms with van der Waals surface area (Å²) in [6.45, 7) is -1.07. The number of hydrogen-bond acceptors (Lipinski definition) is 3. The number of ether oxygens (including phenoxy) is 2. The molecule has 0 aliphatic heterocycles. The minimum Gasteiger partial charge on any atom is -0.493 e. The van der Waals surface area contributed by atoms with E-state index in [4.69, 9.17) is 4.74 Å². The number of alkyl halides is 2. The second-order valence-corrected chi connectivity index (χ2v) is 5.90. The lowest BCUT2D eigenvalue weighted by molar-refractivity contribution is -0.0512. The molecule has 0 radical (unpaired) electrons. The quantitative estimate of drug-likeness (QED) is 0.709. The molecule has 122 valence electrons. The third-order valence-corrected chi connectivity index (χ3v) is 3.75. The predicted molar refractivity (Wildman–Crippen MR) is 91.5 cm³/mol. The molecule has 0 fully saturated rings. The second kappa shape index (κ2) is 7.58. The van der Waals surface area contributed by atoms with Crippen LogP contribution >= 0.6 is 22.6 Å². The first-order valence-corrected chi connectivity index (χ1v) is 7.69. The number of aryl methyl sites for hydroxylation is 1. The number of halogens is 3. The van der Waals surface area contributed by atoms with Crippen molar-refractivity contribution < 1.29 is 23.0 Å². The van der Waals surface area contributed by atoms with Gasteiger partial charge in [-0.3, -0.25) is 4.79 Å². The van der Waals surface area contributed by atoms with E-state index in [1.54, 1.807) is 6.07 Å². The molecule has 0 atom stereocenters. The van der Waals surface area contributed by atoms with Gasteiger partial charge in [-0.15, -0.1) is 0 Å². The molecule has 0 aliphatic rings. The Hall–Kier alpha value is -1.90. The van der Waals surface area contributed by atoms with Crippen LogP contribution in [0.5, 0.6) is 11.5 Å². The third kappa shape index (κ3) is 4.54. The van der Waals surface area contributed by atoms with Crippen molar-refractivity contribution in [2.45, 2.75) is 13.5 Å². The van der Waals surface area contributed by atoms with Crippen LogP contribution in [0.4, 0.5) is 14.5 Å². The predicted octanol–water partition coefficient (Wildman–Crippen LogP) is 4.46. The highest BCUT2D eigenvalue weighted by atomic mass is 127. The normalized spacial score (nSPS) is 10.5. The maximum absolute atomic E-state index is 12.3. The van der Waals surface area contributed by atoms with Crippen LogP contribution in [0.25, 0.3) is 0 Å². The van der Waals surface area contributed by atoms with Gasteiger partial charge in [-0.1, -0.05) is 0 Å². The van der Waals surface area contributed by atoms with E-state index in [2.05, 4.69) is 32.6 Å². The molecular weight excluding hydrogens is 419 g/mol. The summed E-state index contributed by atoms with van der Waals surface area (Å²) in [4.78, 5) is 12.3. The zero-order chi connectivity index (χ0) is 17.0. The highest BCUT2D eigenvalue weighted by molar-refractivity contribution is 14.1. The molecule has 4 nitrogen and oxygen atoms in total. The van der Waals surface area contributed by atoms with Gasteiger partial charge in [0.2, 0.25) is 0 Å². The molecule has 0 saturated carbocycles. The van der Waals surface area contributed by atoms with Gasteiger partial charge in [0, 0.05) is 14.8 Å². The van der Waals surface area contributed by atoms with Crippen LogP contribution in [0.2, 0.25) is 0 Å². The van der Waals surface area contributed by atoms with Crippen molar-refractivity contribution in [2.75, 3.05) is 12.4 Å². The third-order valence-electron chi connectivity index (χ3n) is 3.08. The van der Waals surface area contributed by atoms with Crippen LogP contribution < -0.4 is 14.8 Å². The molecule has 0 bridgehead atoms. The van der Waals surface area contributed by atoms with Crippen molar-refractivity contribution >= 4 is 34.2 Å². The van der Waals surface area contributed by atoms with Gasteiger partial charge in [0.25, 0.3) is 5.91 Å². The highest BCUT2D eigenvalue weighted by Gasteiger charge is 2.14. The maximum Gasteiger partial charge on any atom is 0.387 e. The lowest BCUT2D eigenvalue weighted by atomic mass is 10.1. The summed E-state index contributed by atoms with van der Waals surface area (Å²) in [5.41, 5.74) is 1.89. The van der Waals surface area contributed by atoms with Crippen molar-refractivity contribution in [1.82, 2.24) is 0 Å². The smallest absolute Gasteiger partial charge is 0.387 e. The molecule has 23 heavy (non-hydrogen) atoms. The Balaban J connectivity index is 2.22. The summed E-state index contributed by atoms with van der Waals surface area (Å²) < 4.78 is 35.0. The first kappa shape index (κ1) is 17.5. The Labute approximate surface area is 145 Å². The Kier molecular flexibility index (Phi) is 5.75. The molecule has 0 spiro atoms. The van der Waals surface area contributed by atoms with E-state index in [9.17, 15) is 13.6 Å². The zero-order valence-electron chi connectivity index (χ0n) is 12.4. The standard InChI is InChI=1S/C16H14F2INO3/c1-9-7-11(19)4-5-12(9)20-15(21)10-3-6-13(23-16(17)18)14(8-10)22-2/h3-8,16H,1-2H3,(H,20,21). The van der Waals surface area contributed by atoms with E-state index in [1.165, 1.54) is 25.3 Å². The van der Waals surface area contributed by atoms with Gasteiger partial charge in [0.05, 0.1) is 7.11 Å². The molecule has 2 rings (SSSR count). The second-order valence-electron chi connectivity index (χ2n) is 4.66. The first-order valence-electron chi connectivity index (χ1n) is 6.61. The van der Waals surface area contributed by atoms with Gasteiger partial charge in [-0.2, -0.15) is 8.78 Å². The molecule has 0 unspecified atom stereocenters. The number of rotatable bonds is 5. The summed E-state index contributed by atoms with van der Waals surface area (Å²) in [6.07, 6.45) is 0. The van der Waals surface area contributed by atoms with Crippen LogP contribution in [-0.4, -0.2) is 19.6 Å². The van der Waals surface area contributed by atoms with Gasteiger partial charge in [0.1, 0.15) is 0 Å². The van der Waals surface area contributed by atoms with Crippen molar-refractivity contribution in [1.29, 1.82) is 0 Å². The molecule has 7 heteroatoms. The van der Waals surface area contributed by atoms with E-state index in [0.29, 0.717) is 5.69 Å². The molecule has 2 aromatic rings. The number of carbonyl (C=O) groups excluding carboxylic acids is 1. The molecule has 0 aliphatic carbocycles. The van der Waals surface area contributed by atoms with Crippen LogP contribution in [0.15, 0.2) is 36.4 Å². The van der Waals surface area contributed by atoms with Crippen LogP contribution in [0.1, 0.15) is 15.9 Å². The number of carbonyl (C=O) groups is 1. The summed E-state index contributed by atoms with van der Waals surface area (Å²) in [7, 11) is 1.32. The Bertz CT molecular complexity index is 722. The zero-order valence-corrected chi connectivity index (χ0v) is 14.6. The van der Waals surface area contributed by atoms with Gasteiger partial charge in [-0.25, -0.2) is 0 Å². The van der Waals surface area contributed by atoms with Crippen LogP contribution in [0, 0.1) is 10.5 Å².